The molecule has 0 saturated carbocycles. The Bertz CT molecular complexity index is 1030. The van der Waals surface area contributed by atoms with Gasteiger partial charge < -0.3 is 15.5 Å². The van der Waals surface area contributed by atoms with Crippen LogP contribution < -0.4 is 10.6 Å². The fourth-order valence-electron chi connectivity index (χ4n) is 3.62. The van der Waals surface area contributed by atoms with E-state index in [2.05, 4.69) is 9.88 Å². The zero-order chi connectivity index (χ0) is 20.2. The molecule has 0 bridgehead atoms. The summed E-state index contributed by atoms with van der Waals surface area (Å²) in [4.78, 5) is 32.9. The molecule has 0 aliphatic carbocycles. The summed E-state index contributed by atoms with van der Waals surface area (Å²) in [5, 5.41) is 0. The van der Waals surface area contributed by atoms with E-state index >= 15 is 0 Å². The van der Waals surface area contributed by atoms with Crippen molar-refractivity contribution >= 4 is 17.5 Å². The van der Waals surface area contributed by atoms with Gasteiger partial charge in [0, 0.05) is 55.4 Å². The van der Waals surface area contributed by atoms with Crippen molar-refractivity contribution in [1.29, 1.82) is 0 Å². The zero-order valence-electron chi connectivity index (χ0n) is 16.0. The van der Waals surface area contributed by atoms with Gasteiger partial charge in [0.2, 0.25) is 5.91 Å². The molecule has 146 valence electrons. The quantitative estimate of drug-likeness (QED) is 0.748. The number of carbonyl (C=O) groups is 2. The van der Waals surface area contributed by atoms with E-state index in [1.807, 2.05) is 47.4 Å². The van der Waals surface area contributed by atoms with Gasteiger partial charge in [0.15, 0.2) is 0 Å². The first-order chi connectivity index (χ1) is 14.1. The van der Waals surface area contributed by atoms with Gasteiger partial charge in [-0.15, -0.1) is 0 Å². The molecule has 2 N–H and O–H groups in total. The highest BCUT2D eigenvalue weighted by atomic mass is 16.2. The third-order valence-electron chi connectivity index (χ3n) is 5.20. The number of carbonyl (C=O) groups excluding carboxylic acids is 2. The van der Waals surface area contributed by atoms with Gasteiger partial charge in [0.1, 0.15) is 0 Å². The largest absolute Gasteiger partial charge is 0.368 e. The first-order valence-electron chi connectivity index (χ1n) is 9.57. The number of amides is 2. The van der Waals surface area contributed by atoms with Crippen molar-refractivity contribution in [2.24, 2.45) is 5.73 Å². The Morgan fingerprint density at radius 3 is 2.38 bits per heavy atom. The van der Waals surface area contributed by atoms with Crippen LogP contribution in [0.1, 0.15) is 20.7 Å². The first kappa shape index (κ1) is 18.7. The predicted molar refractivity (Wildman–Crippen MR) is 113 cm³/mol. The minimum Gasteiger partial charge on any atom is -0.368 e. The molecule has 4 rings (SSSR count). The topological polar surface area (TPSA) is 79.5 Å². The van der Waals surface area contributed by atoms with Crippen LogP contribution in [0.3, 0.4) is 0 Å². The molecule has 6 heteroatoms. The van der Waals surface area contributed by atoms with Crippen LogP contribution in [-0.2, 0) is 0 Å². The van der Waals surface area contributed by atoms with Crippen molar-refractivity contribution in [3.05, 3.63) is 84.2 Å². The maximum Gasteiger partial charge on any atom is 0.254 e. The molecule has 1 aliphatic heterocycles. The maximum absolute atomic E-state index is 13.2. The van der Waals surface area contributed by atoms with Crippen LogP contribution in [0.15, 0.2) is 73.1 Å². The second kappa shape index (κ2) is 8.14. The Balaban J connectivity index is 1.49. The van der Waals surface area contributed by atoms with E-state index in [4.69, 9.17) is 5.73 Å². The highest BCUT2D eigenvalue weighted by Crippen LogP contribution is 2.25. The van der Waals surface area contributed by atoms with Gasteiger partial charge in [0.05, 0.1) is 5.56 Å². The normalized spacial score (nSPS) is 13.9. The van der Waals surface area contributed by atoms with Crippen molar-refractivity contribution in [3.63, 3.8) is 0 Å². The van der Waals surface area contributed by atoms with E-state index in [0.29, 0.717) is 37.3 Å². The Morgan fingerprint density at radius 1 is 0.897 bits per heavy atom. The summed E-state index contributed by atoms with van der Waals surface area (Å²) >= 11 is 0. The highest BCUT2D eigenvalue weighted by Gasteiger charge is 2.24. The summed E-state index contributed by atoms with van der Waals surface area (Å²) in [6.45, 7) is 2.60. The zero-order valence-corrected chi connectivity index (χ0v) is 16.0. The van der Waals surface area contributed by atoms with Crippen molar-refractivity contribution in [2.45, 2.75) is 0 Å². The summed E-state index contributed by atoms with van der Waals surface area (Å²) in [5.41, 5.74) is 9.30. The standard InChI is InChI=1S/C23H22N4O2/c24-22(28)18-7-4-8-19(15-18)26-11-13-27(14-12-26)23(29)20-9-10-25-16-21(20)17-5-2-1-3-6-17/h1-10,15-16H,11-14H2,(H2,24,28). The van der Waals surface area contributed by atoms with Crippen molar-refractivity contribution in [1.82, 2.24) is 9.88 Å². The lowest BCUT2D eigenvalue weighted by Crippen LogP contribution is -2.49. The minimum absolute atomic E-state index is 0.0109. The number of pyridine rings is 1. The molecule has 1 aromatic heterocycles. The molecule has 1 saturated heterocycles. The number of anilines is 1. The molecular formula is C23H22N4O2. The van der Waals surface area contributed by atoms with Crippen molar-refractivity contribution in [3.8, 4) is 11.1 Å². The monoisotopic (exact) mass is 386 g/mol. The Kier molecular flexibility index (Phi) is 5.24. The van der Waals surface area contributed by atoms with Crippen LogP contribution in [0, 0.1) is 0 Å². The Labute approximate surface area is 169 Å². The second-order valence-electron chi connectivity index (χ2n) is 6.98. The van der Waals surface area contributed by atoms with E-state index in [1.165, 1.54) is 0 Å². The molecule has 3 aromatic rings. The number of aromatic nitrogens is 1. The van der Waals surface area contributed by atoms with Gasteiger partial charge in [-0.3, -0.25) is 14.6 Å². The molecule has 29 heavy (non-hydrogen) atoms. The molecule has 2 heterocycles. The molecular weight excluding hydrogens is 364 g/mol. The molecule has 0 unspecified atom stereocenters. The average molecular weight is 386 g/mol. The van der Waals surface area contributed by atoms with Crippen LogP contribution in [0.5, 0.6) is 0 Å². The number of hydrogen-bond acceptors (Lipinski definition) is 4. The van der Waals surface area contributed by atoms with E-state index < -0.39 is 5.91 Å². The van der Waals surface area contributed by atoms with Gasteiger partial charge >= 0.3 is 0 Å². The van der Waals surface area contributed by atoms with E-state index in [0.717, 1.165) is 16.8 Å². The number of piperazine rings is 1. The molecule has 1 fully saturated rings. The van der Waals surface area contributed by atoms with Gasteiger partial charge in [-0.1, -0.05) is 36.4 Å². The summed E-state index contributed by atoms with van der Waals surface area (Å²) < 4.78 is 0. The summed E-state index contributed by atoms with van der Waals surface area (Å²) in [5.74, 6) is -0.427. The molecule has 1 aliphatic rings. The molecule has 2 amide bonds. The fraction of sp³-hybridized carbons (Fsp3) is 0.174. The van der Waals surface area contributed by atoms with Crippen LogP contribution in [0.2, 0.25) is 0 Å². The molecule has 0 spiro atoms. The van der Waals surface area contributed by atoms with Crippen molar-refractivity contribution in [2.75, 3.05) is 31.1 Å². The number of hydrogen-bond donors (Lipinski definition) is 1. The number of nitrogens with zero attached hydrogens (tertiary/aromatic N) is 3. The average Bonchev–Trinajstić information content (AvgIpc) is 2.79. The Hall–Kier alpha value is -3.67. The molecule has 0 radical (unpaired) electrons. The number of benzene rings is 2. The van der Waals surface area contributed by atoms with Gasteiger partial charge in [-0.05, 0) is 29.8 Å². The number of rotatable bonds is 4. The van der Waals surface area contributed by atoms with E-state index in [1.54, 1.807) is 30.6 Å². The van der Waals surface area contributed by atoms with Crippen LogP contribution in [0.4, 0.5) is 5.69 Å². The van der Waals surface area contributed by atoms with E-state index in [9.17, 15) is 9.59 Å². The lowest BCUT2D eigenvalue weighted by molar-refractivity contribution is 0.0747. The van der Waals surface area contributed by atoms with Gasteiger partial charge in [-0.2, -0.15) is 0 Å². The van der Waals surface area contributed by atoms with Crippen LogP contribution >= 0.6 is 0 Å². The van der Waals surface area contributed by atoms with Gasteiger partial charge in [-0.25, -0.2) is 0 Å². The summed E-state index contributed by atoms with van der Waals surface area (Å²) in [6, 6.07) is 18.9. The lowest BCUT2D eigenvalue weighted by Gasteiger charge is -2.36. The number of nitrogens with two attached hydrogens (primary N) is 1. The van der Waals surface area contributed by atoms with E-state index in [-0.39, 0.29) is 5.91 Å². The first-order valence-corrected chi connectivity index (χ1v) is 9.57. The third-order valence-corrected chi connectivity index (χ3v) is 5.20. The molecule has 0 atom stereocenters. The minimum atomic E-state index is -0.438. The van der Waals surface area contributed by atoms with Crippen LogP contribution in [-0.4, -0.2) is 47.9 Å². The maximum atomic E-state index is 13.2. The Morgan fingerprint density at radius 2 is 1.66 bits per heavy atom. The smallest absolute Gasteiger partial charge is 0.254 e. The second-order valence-corrected chi connectivity index (χ2v) is 6.98. The SMILES string of the molecule is NC(=O)c1cccc(N2CCN(C(=O)c3ccncc3-c3ccccc3)CC2)c1. The third kappa shape index (κ3) is 3.96. The summed E-state index contributed by atoms with van der Waals surface area (Å²) in [7, 11) is 0. The van der Waals surface area contributed by atoms with Crippen LogP contribution in [0.25, 0.3) is 11.1 Å². The number of primary amides is 1. The van der Waals surface area contributed by atoms with Gasteiger partial charge in [0.25, 0.3) is 5.91 Å². The molecule has 6 nitrogen and oxygen atoms in total. The van der Waals surface area contributed by atoms with Crippen molar-refractivity contribution < 1.29 is 9.59 Å². The summed E-state index contributed by atoms with van der Waals surface area (Å²) in [6.07, 6.45) is 3.40. The molecule has 2 aromatic carbocycles. The predicted octanol–water partition coefficient (Wildman–Crippen LogP) is 2.81. The lowest BCUT2D eigenvalue weighted by atomic mass is 10.0. The highest BCUT2D eigenvalue weighted by molar-refractivity contribution is 6.00. The fourth-order valence-corrected chi connectivity index (χ4v) is 3.62.